The highest BCUT2D eigenvalue weighted by atomic mass is 35.5. The van der Waals surface area contributed by atoms with Crippen molar-refractivity contribution in [1.29, 1.82) is 0 Å². The molecule has 1 heterocycles. The first-order valence-corrected chi connectivity index (χ1v) is 9.96. The number of unbranched alkanes of at least 4 members (excludes halogenated alkanes) is 1. The van der Waals surface area contributed by atoms with E-state index in [1.165, 1.54) is 4.31 Å². The number of rotatable bonds is 6. The average molecular weight is 359 g/mol. The molecule has 1 saturated heterocycles. The fourth-order valence-electron chi connectivity index (χ4n) is 2.66. The maximum atomic E-state index is 12.4. The summed E-state index contributed by atoms with van der Waals surface area (Å²) >= 11 is 6.04. The normalized spacial score (nSPS) is 19.5. The summed E-state index contributed by atoms with van der Waals surface area (Å²) in [6, 6.07) is 7.03. The Morgan fingerprint density at radius 3 is 2.83 bits per heavy atom. The van der Waals surface area contributed by atoms with Crippen LogP contribution in [0.4, 0.5) is 5.69 Å². The second-order valence-corrected chi connectivity index (χ2v) is 8.33. The predicted octanol–water partition coefficient (Wildman–Crippen LogP) is 3.12. The van der Waals surface area contributed by atoms with Gasteiger partial charge in [-0.25, -0.2) is 12.7 Å². The molecule has 1 aromatic carbocycles. The van der Waals surface area contributed by atoms with Gasteiger partial charge in [0.2, 0.25) is 15.9 Å². The molecule has 0 aliphatic carbocycles. The summed E-state index contributed by atoms with van der Waals surface area (Å²) in [4.78, 5) is 12.4. The number of para-hydroxylation sites is 1. The molecule has 0 spiro atoms. The fourth-order valence-corrected chi connectivity index (χ4v) is 4.57. The van der Waals surface area contributed by atoms with Crippen LogP contribution in [0.25, 0.3) is 0 Å². The van der Waals surface area contributed by atoms with Gasteiger partial charge < -0.3 is 5.32 Å². The van der Waals surface area contributed by atoms with Crippen molar-refractivity contribution in [2.24, 2.45) is 5.92 Å². The van der Waals surface area contributed by atoms with Crippen LogP contribution in [0.3, 0.4) is 0 Å². The van der Waals surface area contributed by atoms with Crippen molar-refractivity contribution in [1.82, 2.24) is 4.31 Å². The molecule has 1 N–H and O–H groups in total. The Balaban J connectivity index is 2.00. The van der Waals surface area contributed by atoms with E-state index in [4.69, 9.17) is 11.6 Å². The molecule has 0 radical (unpaired) electrons. The first-order valence-electron chi connectivity index (χ1n) is 7.97. The van der Waals surface area contributed by atoms with Crippen molar-refractivity contribution in [3.63, 3.8) is 0 Å². The van der Waals surface area contributed by atoms with Crippen LogP contribution >= 0.6 is 11.6 Å². The Morgan fingerprint density at radius 1 is 1.39 bits per heavy atom. The van der Waals surface area contributed by atoms with Gasteiger partial charge in [0.05, 0.1) is 22.4 Å². The van der Waals surface area contributed by atoms with E-state index in [0.717, 1.165) is 6.42 Å². The quantitative estimate of drug-likeness (QED) is 0.849. The third-order valence-electron chi connectivity index (χ3n) is 4.04. The molecule has 7 heteroatoms. The molecule has 1 aliphatic heterocycles. The van der Waals surface area contributed by atoms with Crippen molar-refractivity contribution >= 4 is 33.2 Å². The number of amides is 1. The SMILES string of the molecule is CCCCS(=O)(=O)N1CCC[C@@H](C(=O)Nc2ccccc2Cl)C1. The number of carbonyl (C=O) groups excluding carboxylic acids is 1. The van der Waals surface area contributed by atoms with Crippen LogP contribution in [0.5, 0.6) is 0 Å². The zero-order valence-electron chi connectivity index (χ0n) is 13.3. The molecule has 0 unspecified atom stereocenters. The van der Waals surface area contributed by atoms with Crippen LogP contribution in [-0.4, -0.2) is 37.5 Å². The van der Waals surface area contributed by atoms with Gasteiger partial charge in [-0.05, 0) is 31.4 Å². The first-order chi connectivity index (χ1) is 10.9. The summed E-state index contributed by atoms with van der Waals surface area (Å²) in [7, 11) is -3.27. The smallest absolute Gasteiger partial charge is 0.228 e. The second-order valence-electron chi connectivity index (χ2n) is 5.84. The minimum absolute atomic E-state index is 0.155. The Kier molecular flexibility index (Phi) is 6.44. The van der Waals surface area contributed by atoms with Gasteiger partial charge >= 0.3 is 0 Å². The van der Waals surface area contributed by atoms with Crippen molar-refractivity contribution < 1.29 is 13.2 Å². The van der Waals surface area contributed by atoms with Gasteiger partial charge in [-0.1, -0.05) is 37.1 Å². The molecule has 0 bridgehead atoms. The number of halogens is 1. The average Bonchev–Trinajstić information content (AvgIpc) is 2.55. The largest absolute Gasteiger partial charge is 0.324 e. The van der Waals surface area contributed by atoms with Gasteiger partial charge in [0.1, 0.15) is 0 Å². The minimum Gasteiger partial charge on any atom is -0.324 e. The van der Waals surface area contributed by atoms with Crippen molar-refractivity contribution in [2.75, 3.05) is 24.2 Å². The number of piperidine rings is 1. The van der Waals surface area contributed by atoms with Gasteiger partial charge in [0.25, 0.3) is 0 Å². The van der Waals surface area contributed by atoms with E-state index < -0.39 is 10.0 Å². The number of carbonyl (C=O) groups is 1. The lowest BCUT2D eigenvalue weighted by Gasteiger charge is -2.31. The van der Waals surface area contributed by atoms with E-state index >= 15 is 0 Å². The molecule has 128 valence electrons. The third-order valence-corrected chi connectivity index (χ3v) is 6.29. The molecule has 1 amide bonds. The van der Waals surface area contributed by atoms with E-state index in [1.54, 1.807) is 24.3 Å². The minimum atomic E-state index is -3.27. The summed E-state index contributed by atoms with van der Waals surface area (Å²) in [5.41, 5.74) is 0.560. The van der Waals surface area contributed by atoms with E-state index in [2.05, 4.69) is 5.32 Å². The van der Waals surface area contributed by atoms with Gasteiger partial charge in [0.15, 0.2) is 0 Å². The third kappa shape index (κ3) is 4.93. The number of hydrogen-bond donors (Lipinski definition) is 1. The summed E-state index contributed by atoms with van der Waals surface area (Å²) in [5, 5.41) is 3.28. The summed E-state index contributed by atoms with van der Waals surface area (Å²) < 4.78 is 26.1. The lowest BCUT2D eigenvalue weighted by Crippen LogP contribution is -2.44. The Bertz CT molecular complexity index is 648. The molecular formula is C16H23ClN2O3S. The zero-order chi connectivity index (χ0) is 16.9. The number of nitrogens with one attached hydrogen (secondary N) is 1. The molecule has 0 saturated carbocycles. The van der Waals surface area contributed by atoms with Crippen LogP contribution in [0.2, 0.25) is 5.02 Å². The van der Waals surface area contributed by atoms with Crippen LogP contribution in [-0.2, 0) is 14.8 Å². The highest BCUT2D eigenvalue weighted by Gasteiger charge is 2.32. The van der Waals surface area contributed by atoms with Crippen molar-refractivity contribution in [3.05, 3.63) is 29.3 Å². The maximum Gasteiger partial charge on any atom is 0.228 e. The van der Waals surface area contributed by atoms with Crippen LogP contribution in [0.15, 0.2) is 24.3 Å². The van der Waals surface area contributed by atoms with Gasteiger partial charge in [-0.3, -0.25) is 4.79 Å². The van der Waals surface area contributed by atoms with E-state index in [1.807, 2.05) is 6.92 Å². The molecule has 0 aromatic heterocycles. The molecule has 1 atom stereocenters. The molecule has 1 aromatic rings. The van der Waals surface area contributed by atoms with Crippen LogP contribution in [0, 0.1) is 5.92 Å². The summed E-state index contributed by atoms with van der Waals surface area (Å²) in [6.45, 7) is 2.72. The van der Waals surface area contributed by atoms with Gasteiger partial charge in [-0.15, -0.1) is 0 Å². The molecular weight excluding hydrogens is 336 g/mol. The summed E-state index contributed by atoms with van der Waals surface area (Å²) in [6.07, 6.45) is 2.88. The van der Waals surface area contributed by atoms with Gasteiger partial charge in [-0.2, -0.15) is 0 Å². The molecule has 2 rings (SSSR count). The Hall–Kier alpha value is -1.11. The summed E-state index contributed by atoms with van der Waals surface area (Å²) in [5.74, 6) is -0.354. The van der Waals surface area contributed by atoms with Crippen molar-refractivity contribution in [3.8, 4) is 0 Å². The maximum absolute atomic E-state index is 12.4. The molecule has 5 nitrogen and oxygen atoms in total. The first kappa shape index (κ1) is 18.2. The van der Waals surface area contributed by atoms with Crippen molar-refractivity contribution in [2.45, 2.75) is 32.6 Å². The van der Waals surface area contributed by atoms with Crippen LogP contribution in [0.1, 0.15) is 32.6 Å². The second kappa shape index (κ2) is 8.13. The number of sulfonamides is 1. The fraction of sp³-hybridized carbons (Fsp3) is 0.562. The lowest BCUT2D eigenvalue weighted by molar-refractivity contribution is -0.120. The number of nitrogens with zero attached hydrogens (tertiary/aromatic N) is 1. The highest BCUT2D eigenvalue weighted by molar-refractivity contribution is 7.89. The van der Waals surface area contributed by atoms with Crippen LogP contribution < -0.4 is 5.32 Å². The Labute approximate surface area is 143 Å². The van der Waals surface area contributed by atoms with E-state index in [9.17, 15) is 13.2 Å². The van der Waals surface area contributed by atoms with E-state index in [-0.39, 0.29) is 24.1 Å². The molecule has 1 aliphatic rings. The Morgan fingerprint density at radius 2 is 2.13 bits per heavy atom. The lowest BCUT2D eigenvalue weighted by atomic mass is 9.99. The molecule has 23 heavy (non-hydrogen) atoms. The topological polar surface area (TPSA) is 66.5 Å². The van der Waals surface area contributed by atoms with Gasteiger partial charge in [0, 0.05) is 13.1 Å². The zero-order valence-corrected chi connectivity index (χ0v) is 14.9. The number of hydrogen-bond acceptors (Lipinski definition) is 3. The highest BCUT2D eigenvalue weighted by Crippen LogP contribution is 2.24. The standard InChI is InChI=1S/C16H23ClN2O3S/c1-2-3-11-23(21,22)19-10-6-7-13(12-19)16(20)18-15-9-5-4-8-14(15)17/h4-5,8-9,13H,2-3,6-7,10-12H2,1H3,(H,18,20)/t13-/m1/s1. The predicted molar refractivity (Wildman–Crippen MR) is 93.1 cm³/mol. The monoisotopic (exact) mass is 358 g/mol. The number of benzene rings is 1. The van der Waals surface area contributed by atoms with E-state index in [0.29, 0.717) is 36.5 Å². The number of anilines is 1. The molecule has 1 fully saturated rings.